The van der Waals surface area contributed by atoms with Crippen molar-refractivity contribution < 1.29 is 17.4 Å². The molecule has 0 radical (unpaired) electrons. The van der Waals surface area contributed by atoms with E-state index >= 15 is 0 Å². The summed E-state index contributed by atoms with van der Waals surface area (Å²) >= 11 is 0. The highest BCUT2D eigenvalue weighted by molar-refractivity contribution is 7.86. The third-order valence-electron chi connectivity index (χ3n) is 2.06. The van der Waals surface area contributed by atoms with Gasteiger partial charge in [-0.1, -0.05) is 17.7 Å². The molecule has 0 atom stereocenters. The van der Waals surface area contributed by atoms with Crippen LogP contribution in [-0.2, 0) is 19.1 Å². The fourth-order valence-electron chi connectivity index (χ4n) is 1.10. The number of aryl methyl sites for hydroxylation is 1. The molecule has 0 fully saturated rings. The van der Waals surface area contributed by atoms with E-state index in [9.17, 15) is 13.2 Å². The maximum Gasteiger partial charge on any atom is 0.296 e. The summed E-state index contributed by atoms with van der Waals surface area (Å²) in [5.74, 6) is -0.468. The van der Waals surface area contributed by atoms with Crippen molar-refractivity contribution in [2.45, 2.75) is 18.2 Å². The number of hydrogen-bond donors (Lipinski definition) is 1. The number of ketones is 1. The van der Waals surface area contributed by atoms with Crippen molar-refractivity contribution in [3.8, 4) is 0 Å². The normalized spacial score (nSPS) is 11.1. The van der Waals surface area contributed by atoms with Gasteiger partial charge in [-0.25, -0.2) is 0 Å². The van der Waals surface area contributed by atoms with Gasteiger partial charge in [-0.2, -0.15) is 8.42 Å². The van der Waals surface area contributed by atoms with Gasteiger partial charge in [-0.05, 0) is 19.1 Å². The third kappa shape index (κ3) is 4.08. The summed E-state index contributed by atoms with van der Waals surface area (Å²) in [6.07, 6.45) is 0.524. The Bertz CT molecular complexity index is 505. The van der Waals surface area contributed by atoms with E-state index in [1.54, 1.807) is 12.1 Å². The average molecular weight is 255 g/mol. The monoisotopic (exact) mass is 255 g/mol. The molecule has 0 unspecified atom stereocenters. The highest BCUT2D eigenvalue weighted by Gasteiger charge is 2.14. The second-order valence-electron chi connectivity index (χ2n) is 3.45. The van der Waals surface area contributed by atoms with Crippen molar-refractivity contribution in [2.75, 3.05) is 6.61 Å². The Hall–Kier alpha value is -1.53. The van der Waals surface area contributed by atoms with Gasteiger partial charge in [0.25, 0.3) is 10.1 Å². The average Bonchev–Trinajstić information content (AvgIpc) is 2.29. The van der Waals surface area contributed by atoms with E-state index in [1.807, 2.05) is 6.92 Å². The van der Waals surface area contributed by atoms with Gasteiger partial charge in [0.15, 0.2) is 5.78 Å². The highest BCUT2D eigenvalue weighted by atomic mass is 32.2. The van der Waals surface area contributed by atoms with Gasteiger partial charge in [0.1, 0.15) is 0 Å². The minimum atomic E-state index is -3.81. The Morgan fingerprint density at radius 3 is 2.47 bits per heavy atom. The summed E-state index contributed by atoms with van der Waals surface area (Å²) < 4.78 is 27.9. The zero-order valence-corrected chi connectivity index (χ0v) is 10.2. The first-order valence-corrected chi connectivity index (χ1v) is 6.36. The van der Waals surface area contributed by atoms with Crippen molar-refractivity contribution >= 4 is 22.1 Å². The van der Waals surface area contributed by atoms with Crippen molar-refractivity contribution in [3.05, 3.63) is 29.8 Å². The molecule has 0 aliphatic carbocycles. The van der Waals surface area contributed by atoms with Crippen LogP contribution >= 0.6 is 0 Å². The molecule has 0 saturated carbocycles. The van der Waals surface area contributed by atoms with Crippen LogP contribution in [-0.4, -0.2) is 27.0 Å². The van der Waals surface area contributed by atoms with Crippen molar-refractivity contribution in [3.63, 3.8) is 0 Å². The summed E-state index contributed by atoms with van der Waals surface area (Å²) in [5.41, 5.74) is 0.947. The smallest absolute Gasteiger partial charge is 0.296 e. The molecule has 1 aromatic carbocycles. The Morgan fingerprint density at radius 2 is 1.94 bits per heavy atom. The lowest BCUT2D eigenvalue weighted by Gasteiger charge is -2.04. The van der Waals surface area contributed by atoms with Gasteiger partial charge >= 0.3 is 0 Å². The zero-order valence-electron chi connectivity index (χ0n) is 9.34. The van der Waals surface area contributed by atoms with Gasteiger partial charge in [0.05, 0.1) is 17.7 Å². The first-order valence-electron chi connectivity index (χ1n) is 4.95. The predicted octanol–water partition coefficient (Wildman–Crippen LogP) is 1.31. The standard InChI is InChI=1S/C11H13NO4S/c1-9-2-4-11(5-3-9)17(14,15)16-7-6-10(13)8-12/h2-5,8,12H,6-7H2,1H3. The molecule has 6 heteroatoms. The molecule has 5 nitrogen and oxygen atoms in total. The van der Waals surface area contributed by atoms with E-state index in [0.29, 0.717) is 6.21 Å². The maximum absolute atomic E-state index is 11.6. The molecule has 17 heavy (non-hydrogen) atoms. The number of rotatable bonds is 6. The number of carbonyl (C=O) groups excluding carboxylic acids is 1. The Balaban J connectivity index is 2.66. The molecule has 0 aliphatic rings. The number of carbonyl (C=O) groups is 1. The number of benzene rings is 1. The lowest BCUT2D eigenvalue weighted by molar-refractivity contribution is -0.113. The van der Waals surface area contributed by atoms with Crippen LogP contribution in [0, 0.1) is 12.3 Å². The van der Waals surface area contributed by atoms with Crippen LogP contribution in [0.15, 0.2) is 29.2 Å². The number of hydrogen-bond acceptors (Lipinski definition) is 5. The molecule has 1 rings (SSSR count). The molecular weight excluding hydrogens is 242 g/mol. The minimum absolute atomic E-state index is 0.0606. The number of Topliss-reactive ketones (excluding diaryl/α,β-unsaturated/α-hetero) is 1. The van der Waals surface area contributed by atoms with Crippen molar-refractivity contribution in [1.29, 1.82) is 5.41 Å². The van der Waals surface area contributed by atoms with Gasteiger partial charge < -0.3 is 5.41 Å². The lowest BCUT2D eigenvalue weighted by Crippen LogP contribution is -2.11. The minimum Gasteiger partial charge on any atom is -0.305 e. The highest BCUT2D eigenvalue weighted by Crippen LogP contribution is 2.13. The van der Waals surface area contributed by atoms with Gasteiger partial charge in [-0.15, -0.1) is 0 Å². The summed E-state index contributed by atoms with van der Waals surface area (Å²) in [4.78, 5) is 10.8. The van der Waals surface area contributed by atoms with E-state index in [1.165, 1.54) is 12.1 Å². The first kappa shape index (κ1) is 13.5. The van der Waals surface area contributed by atoms with E-state index in [-0.39, 0.29) is 17.9 Å². The predicted molar refractivity (Wildman–Crippen MR) is 62.7 cm³/mol. The molecule has 1 N–H and O–H groups in total. The summed E-state index contributed by atoms with van der Waals surface area (Å²) in [5, 5.41) is 6.65. The van der Waals surface area contributed by atoms with Crippen molar-refractivity contribution in [1.82, 2.24) is 0 Å². The van der Waals surface area contributed by atoms with Crippen molar-refractivity contribution in [2.24, 2.45) is 0 Å². The molecule has 0 saturated heterocycles. The third-order valence-corrected chi connectivity index (χ3v) is 3.38. The second kappa shape index (κ2) is 5.70. The van der Waals surface area contributed by atoms with Gasteiger partial charge in [0, 0.05) is 6.42 Å². The summed E-state index contributed by atoms with van der Waals surface area (Å²) in [7, 11) is -3.81. The Kier molecular flexibility index (Phi) is 4.53. The first-order chi connectivity index (χ1) is 7.95. The van der Waals surface area contributed by atoms with E-state index < -0.39 is 15.9 Å². The maximum atomic E-state index is 11.6. The van der Waals surface area contributed by atoms with E-state index in [2.05, 4.69) is 4.18 Å². The van der Waals surface area contributed by atoms with Crippen LogP contribution in [0.2, 0.25) is 0 Å². The molecule has 1 aromatic rings. The van der Waals surface area contributed by atoms with E-state index in [4.69, 9.17) is 5.41 Å². The van der Waals surface area contributed by atoms with E-state index in [0.717, 1.165) is 5.56 Å². The van der Waals surface area contributed by atoms with Gasteiger partial charge in [0.2, 0.25) is 0 Å². The molecular formula is C11H13NO4S. The Morgan fingerprint density at radius 1 is 1.35 bits per heavy atom. The summed E-state index contributed by atoms with van der Waals surface area (Å²) in [6.45, 7) is 1.60. The van der Waals surface area contributed by atoms with Crippen LogP contribution < -0.4 is 0 Å². The molecule has 0 spiro atoms. The topological polar surface area (TPSA) is 84.3 Å². The largest absolute Gasteiger partial charge is 0.305 e. The molecule has 0 amide bonds. The van der Waals surface area contributed by atoms with Crippen LogP contribution in [0.3, 0.4) is 0 Å². The van der Waals surface area contributed by atoms with Crippen LogP contribution in [0.1, 0.15) is 12.0 Å². The van der Waals surface area contributed by atoms with Crippen LogP contribution in [0.25, 0.3) is 0 Å². The van der Waals surface area contributed by atoms with Gasteiger partial charge in [-0.3, -0.25) is 8.98 Å². The summed E-state index contributed by atoms with van der Waals surface area (Å²) in [6, 6.07) is 6.23. The molecule has 0 bridgehead atoms. The molecule has 92 valence electrons. The van der Waals surface area contributed by atoms with Crippen LogP contribution in [0.5, 0.6) is 0 Å². The quantitative estimate of drug-likeness (QED) is 0.613. The zero-order chi connectivity index (χ0) is 12.9. The number of nitrogens with one attached hydrogen (secondary N) is 1. The van der Waals surface area contributed by atoms with Crippen LogP contribution in [0.4, 0.5) is 0 Å². The fourth-order valence-corrected chi connectivity index (χ4v) is 2.01. The second-order valence-corrected chi connectivity index (χ2v) is 5.07. The molecule has 0 heterocycles. The fraction of sp³-hybridized carbons (Fsp3) is 0.273. The molecule has 0 aliphatic heterocycles. The SMILES string of the molecule is Cc1ccc(S(=O)(=O)OCCC(=O)C=N)cc1. The molecule has 0 aromatic heterocycles. The Labute approximate surface area is 100 Å². The lowest BCUT2D eigenvalue weighted by atomic mass is 10.2.